The lowest BCUT2D eigenvalue weighted by molar-refractivity contribution is 0.308. The molecule has 1 aromatic heterocycles. The minimum atomic E-state index is 0.0885. The molecule has 130 valence electrons. The van der Waals surface area contributed by atoms with E-state index in [0.29, 0.717) is 28.2 Å². The van der Waals surface area contributed by atoms with Gasteiger partial charge in [-0.1, -0.05) is 46.9 Å². The van der Waals surface area contributed by atoms with Crippen molar-refractivity contribution in [1.82, 2.24) is 9.55 Å². The molecule has 0 aliphatic carbocycles. The van der Waals surface area contributed by atoms with Crippen LogP contribution in [-0.2, 0) is 6.54 Å². The molecule has 7 heteroatoms. The van der Waals surface area contributed by atoms with E-state index in [0.717, 1.165) is 10.6 Å². The van der Waals surface area contributed by atoms with Crippen LogP contribution in [0.5, 0.6) is 5.75 Å². The largest absolute Gasteiger partial charge is 0.492 e. The highest BCUT2D eigenvalue weighted by Gasteiger charge is 2.17. The number of benzene rings is 2. The Balaban J connectivity index is 1.75. The van der Waals surface area contributed by atoms with E-state index >= 15 is 0 Å². The quantitative estimate of drug-likeness (QED) is 0.439. The van der Waals surface area contributed by atoms with Crippen LogP contribution < -0.4 is 4.74 Å². The maximum atomic E-state index is 6.31. The van der Waals surface area contributed by atoms with Gasteiger partial charge in [-0.25, -0.2) is 4.98 Å². The maximum absolute atomic E-state index is 6.31. The molecule has 1 unspecified atom stereocenters. The monoisotopic (exact) mass is 412 g/mol. The van der Waals surface area contributed by atoms with E-state index in [-0.39, 0.29) is 5.25 Å². The Morgan fingerprint density at radius 2 is 1.84 bits per heavy atom. The van der Waals surface area contributed by atoms with Gasteiger partial charge >= 0.3 is 0 Å². The molecule has 0 N–H and O–H groups in total. The van der Waals surface area contributed by atoms with Gasteiger partial charge in [0.25, 0.3) is 0 Å². The third-order valence-electron chi connectivity index (χ3n) is 3.41. The molecule has 0 saturated carbocycles. The van der Waals surface area contributed by atoms with Gasteiger partial charge in [-0.3, -0.25) is 0 Å². The lowest BCUT2D eigenvalue weighted by atomic mass is 10.3. The van der Waals surface area contributed by atoms with Crippen molar-refractivity contribution >= 4 is 46.6 Å². The number of halogens is 3. The Kier molecular flexibility index (Phi) is 6.54. The summed E-state index contributed by atoms with van der Waals surface area (Å²) in [5, 5.41) is 2.00. The van der Waals surface area contributed by atoms with Crippen LogP contribution in [0, 0.1) is 0 Å². The molecule has 1 heterocycles. The van der Waals surface area contributed by atoms with E-state index in [1.54, 1.807) is 30.4 Å². The minimum absolute atomic E-state index is 0.0885. The standard InChI is InChI=1S/C18H15Cl3N2OS/c19-13-3-1-4-14(9-13)24-11-15(10-23-8-7-22-12-23)25-18-16(20)5-2-6-17(18)21/h1-9,12,15H,10-11H2. The number of rotatable bonds is 7. The second-order valence-corrected chi connectivity index (χ2v) is 7.88. The summed E-state index contributed by atoms with van der Waals surface area (Å²) in [7, 11) is 0. The normalized spacial score (nSPS) is 12.1. The highest BCUT2D eigenvalue weighted by molar-refractivity contribution is 8.00. The fourth-order valence-corrected chi connectivity index (χ4v) is 4.18. The molecule has 25 heavy (non-hydrogen) atoms. The van der Waals surface area contributed by atoms with Crippen LogP contribution >= 0.6 is 46.6 Å². The number of hydrogen-bond donors (Lipinski definition) is 0. The number of hydrogen-bond acceptors (Lipinski definition) is 3. The van der Waals surface area contributed by atoms with Crippen molar-refractivity contribution in [2.45, 2.75) is 16.7 Å². The number of imidazole rings is 1. The van der Waals surface area contributed by atoms with Crippen LogP contribution in [0.2, 0.25) is 15.1 Å². The lowest BCUT2D eigenvalue weighted by Crippen LogP contribution is -2.20. The second kappa shape index (κ2) is 8.86. The summed E-state index contributed by atoms with van der Waals surface area (Å²) in [6.45, 7) is 1.19. The first kappa shape index (κ1) is 18.5. The molecule has 0 aliphatic rings. The molecule has 3 aromatic rings. The summed E-state index contributed by atoms with van der Waals surface area (Å²) >= 11 is 20.2. The summed E-state index contributed by atoms with van der Waals surface area (Å²) in [5.74, 6) is 0.731. The Morgan fingerprint density at radius 1 is 1.08 bits per heavy atom. The predicted molar refractivity (Wildman–Crippen MR) is 105 cm³/mol. The smallest absolute Gasteiger partial charge is 0.120 e. The second-order valence-electron chi connectivity index (χ2n) is 5.32. The summed E-state index contributed by atoms with van der Waals surface area (Å²) < 4.78 is 7.93. The van der Waals surface area contributed by atoms with Gasteiger partial charge in [0, 0.05) is 28.9 Å². The van der Waals surface area contributed by atoms with Crippen LogP contribution in [0.1, 0.15) is 0 Å². The van der Waals surface area contributed by atoms with Crippen molar-refractivity contribution in [2.75, 3.05) is 6.61 Å². The third kappa shape index (κ3) is 5.32. The number of thioether (sulfide) groups is 1. The zero-order valence-electron chi connectivity index (χ0n) is 13.1. The minimum Gasteiger partial charge on any atom is -0.492 e. The van der Waals surface area contributed by atoms with Gasteiger partial charge in [-0.15, -0.1) is 11.8 Å². The molecule has 0 radical (unpaired) electrons. The number of aromatic nitrogens is 2. The number of ether oxygens (including phenoxy) is 1. The molecular formula is C18H15Cl3N2OS. The summed E-state index contributed by atoms with van der Waals surface area (Å²) in [4.78, 5) is 4.94. The third-order valence-corrected chi connectivity index (χ3v) is 5.79. The van der Waals surface area contributed by atoms with E-state index < -0.39 is 0 Å². The highest BCUT2D eigenvalue weighted by atomic mass is 35.5. The predicted octanol–water partition coefficient (Wildman–Crippen LogP) is 6.08. The zero-order valence-corrected chi connectivity index (χ0v) is 16.2. The SMILES string of the molecule is Clc1cccc(OCC(Cn2ccnc2)Sc2c(Cl)cccc2Cl)c1. The maximum Gasteiger partial charge on any atom is 0.120 e. The zero-order chi connectivity index (χ0) is 17.6. The van der Waals surface area contributed by atoms with Crippen molar-refractivity contribution in [1.29, 1.82) is 0 Å². The van der Waals surface area contributed by atoms with Gasteiger partial charge < -0.3 is 9.30 Å². The molecule has 2 aromatic carbocycles. The van der Waals surface area contributed by atoms with Gasteiger partial charge in [0.05, 0.1) is 21.6 Å². The first-order valence-electron chi connectivity index (χ1n) is 7.56. The van der Waals surface area contributed by atoms with Gasteiger partial charge in [0.2, 0.25) is 0 Å². The lowest BCUT2D eigenvalue weighted by Gasteiger charge is -2.19. The Bertz CT molecular complexity index is 807. The fraction of sp³-hybridized carbons (Fsp3) is 0.167. The Morgan fingerprint density at radius 3 is 2.52 bits per heavy atom. The van der Waals surface area contributed by atoms with Crippen LogP contribution in [0.15, 0.2) is 66.1 Å². The van der Waals surface area contributed by atoms with Gasteiger partial charge in [0.1, 0.15) is 12.4 Å². The van der Waals surface area contributed by atoms with Gasteiger partial charge in [-0.05, 0) is 30.3 Å². The van der Waals surface area contributed by atoms with Crippen molar-refractivity contribution in [3.8, 4) is 5.75 Å². The van der Waals surface area contributed by atoms with Gasteiger partial charge in [0.15, 0.2) is 0 Å². The Hall–Kier alpha value is -1.33. The van der Waals surface area contributed by atoms with Crippen LogP contribution in [0.4, 0.5) is 0 Å². The molecule has 0 fully saturated rings. The molecular weight excluding hydrogens is 399 g/mol. The van der Waals surface area contributed by atoms with Crippen molar-refractivity contribution in [3.05, 3.63) is 76.3 Å². The topological polar surface area (TPSA) is 27.1 Å². The molecule has 1 atom stereocenters. The molecule has 0 amide bonds. The average Bonchev–Trinajstić information content (AvgIpc) is 3.09. The molecule has 0 saturated heterocycles. The first-order valence-corrected chi connectivity index (χ1v) is 9.58. The average molecular weight is 414 g/mol. The fourth-order valence-electron chi connectivity index (χ4n) is 2.26. The molecule has 0 spiro atoms. The molecule has 0 aliphatic heterocycles. The van der Waals surface area contributed by atoms with Crippen molar-refractivity contribution in [2.24, 2.45) is 0 Å². The van der Waals surface area contributed by atoms with E-state index in [4.69, 9.17) is 39.5 Å². The van der Waals surface area contributed by atoms with Crippen molar-refractivity contribution < 1.29 is 4.74 Å². The van der Waals surface area contributed by atoms with E-state index in [9.17, 15) is 0 Å². The summed E-state index contributed by atoms with van der Waals surface area (Å²) in [6.07, 6.45) is 5.45. The van der Waals surface area contributed by atoms with Gasteiger partial charge in [-0.2, -0.15) is 0 Å². The van der Waals surface area contributed by atoms with Crippen LogP contribution in [-0.4, -0.2) is 21.4 Å². The molecule has 3 rings (SSSR count). The van der Waals surface area contributed by atoms with Crippen LogP contribution in [0.25, 0.3) is 0 Å². The highest BCUT2D eigenvalue weighted by Crippen LogP contribution is 2.37. The van der Waals surface area contributed by atoms with E-state index in [2.05, 4.69) is 4.98 Å². The van der Waals surface area contributed by atoms with E-state index in [1.807, 2.05) is 47.2 Å². The van der Waals surface area contributed by atoms with Crippen LogP contribution in [0.3, 0.4) is 0 Å². The van der Waals surface area contributed by atoms with Crippen molar-refractivity contribution in [3.63, 3.8) is 0 Å². The Labute approximate surface area is 165 Å². The first-order chi connectivity index (χ1) is 12.1. The van der Waals surface area contributed by atoms with E-state index in [1.165, 1.54) is 0 Å². The summed E-state index contributed by atoms with van der Waals surface area (Å²) in [5.41, 5.74) is 0. The summed E-state index contributed by atoms with van der Waals surface area (Å²) in [6, 6.07) is 12.9. The molecule has 0 bridgehead atoms. The number of nitrogens with zero attached hydrogens (tertiary/aromatic N) is 2. The molecule has 3 nitrogen and oxygen atoms in total.